The second-order valence-electron chi connectivity index (χ2n) is 8.71. The molecule has 156 valence electrons. The number of nitrogens with zero attached hydrogens (tertiary/aromatic N) is 1. The molecule has 0 radical (unpaired) electrons. The molecule has 2 heterocycles. The highest BCUT2D eigenvalue weighted by Gasteiger charge is 2.28. The SMILES string of the molecule is COc1ccc2c(c1)/C(=C/C(=O)c1cccc(C(=O)N3CCCC3)c1)NC(C)(C)C2. The minimum absolute atomic E-state index is 0.00168. The number of carbonyl (C=O) groups is 2. The van der Waals surface area contributed by atoms with E-state index in [0.717, 1.165) is 49.4 Å². The van der Waals surface area contributed by atoms with Crippen molar-refractivity contribution in [1.82, 2.24) is 10.2 Å². The molecule has 2 aromatic rings. The van der Waals surface area contributed by atoms with Gasteiger partial charge in [0.2, 0.25) is 0 Å². The Bertz CT molecular complexity index is 1020. The number of carbonyl (C=O) groups excluding carboxylic acids is 2. The van der Waals surface area contributed by atoms with Gasteiger partial charge in [0.25, 0.3) is 5.91 Å². The Morgan fingerprint density at radius 2 is 1.80 bits per heavy atom. The van der Waals surface area contributed by atoms with Crippen LogP contribution in [-0.2, 0) is 6.42 Å². The van der Waals surface area contributed by atoms with E-state index < -0.39 is 0 Å². The summed E-state index contributed by atoms with van der Waals surface area (Å²) in [5.74, 6) is 0.633. The van der Waals surface area contributed by atoms with Crippen LogP contribution in [0.5, 0.6) is 5.75 Å². The largest absolute Gasteiger partial charge is 0.497 e. The van der Waals surface area contributed by atoms with E-state index in [9.17, 15) is 9.59 Å². The van der Waals surface area contributed by atoms with Crippen LogP contribution in [0.2, 0.25) is 0 Å². The maximum absolute atomic E-state index is 13.1. The molecule has 1 saturated heterocycles. The van der Waals surface area contributed by atoms with E-state index in [1.54, 1.807) is 37.5 Å². The van der Waals surface area contributed by atoms with Crippen molar-refractivity contribution in [2.75, 3.05) is 20.2 Å². The van der Waals surface area contributed by atoms with Gasteiger partial charge >= 0.3 is 0 Å². The average molecular weight is 405 g/mol. The molecule has 0 aliphatic carbocycles. The van der Waals surface area contributed by atoms with Gasteiger partial charge in [-0.3, -0.25) is 9.59 Å². The molecule has 4 rings (SSSR count). The summed E-state index contributed by atoms with van der Waals surface area (Å²) in [5.41, 5.74) is 3.85. The molecule has 5 nitrogen and oxygen atoms in total. The predicted octanol–water partition coefficient (Wildman–Crippen LogP) is 4.08. The molecular weight excluding hydrogens is 376 g/mol. The van der Waals surface area contributed by atoms with Crippen LogP contribution in [-0.4, -0.2) is 42.3 Å². The van der Waals surface area contributed by atoms with Crippen molar-refractivity contribution in [3.05, 3.63) is 70.8 Å². The Morgan fingerprint density at radius 1 is 1.07 bits per heavy atom. The number of nitrogens with one attached hydrogen (secondary N) is 1. The van der Waals surface area contributed by atoms with E-state index in [1.165, 1.54) is 5.56 Å². The number of rotatable bonds is 4. The fourth-order valence-corrected chi connectivity index (χ4v) is 4.28. The highest BCUT2D eigenvalue weighted by Crippen LogP contribution is 2.32. The van der Waals surface area contributed by atoms with E-state index >= 15 is 0 Å². The lowest BCUT2D eigenvalue weighted by atomic mass is 9.85. The summed E-state index contributed by atoms with van der Waals surface area (Å²) >= 11 is 0. The lowest BCUT2D eigenvalue weighted by Gasteiger charge is -2.35. The number of hydrogen-bond donors (Lipinski definition) is 1. The van der Waals surface area contributed by atoms with Gasteiger partial charge in [0, 0.05) is 47.1 Å². The zero-order valence-corrected chi connectivity index (χ0v) is 17.8. The summed E-state index contributed by atoms with van der Waals surface area (Å²) < 4.78 is 5.38. The monoisotopic (exact) mass is 404 g/mol. The summed E-state index contributed by atoms with van der Waals surface area (Å²) in [4.78, 5) is 27.7. The fourth-order valence-electron chi connectivity index (χ4n) is 4.28. The maximum Gasteiger partial charge on any atom is 0.253 e. The van der Waals surface area contributed by atoms with Crippen LogP contribution in [0.25, 0.3) is 5.70 Å². The highest BCUT2D eigenvalue weighted by molar-refractivity contribution is 6.10. The molecule has 30 heavy (non-hydrogen) atoms. The van der Waals surface area contributed by atoms with Crippen molar-refractivity contribution in [1.29, 1.82) is 0 Å². The first-order valence-corrected chi connectivity index (χ1v) is 10.5. The lowest BCUT2D eigenvalue weighted by molar-refractivity contribution is 0.0793. The number of hydrogen-bond acceptors (Lipinski definition) is 4. The van der Waals surface area contributed by atoms with Crippen LogP contribution in [0.1, 0.15) is 58.5 Å². The van der Waals surface area contributed by atoms with Crippen LogP contribution in [0.15, 0.2) is 48.5 Å². The molecule has 2 aliphatic rings. The van der Waals surface area contributed by atoms with Crippen LogP contribution in [0, 0.1) is 0 Å². The molecule has 0 bridgehead atoms. The van der Waals surface area contributed by atoms with Gasteiger partial charge < -0.3 is 15.0 Å². The van der Waals surface area contributed by atoms with Crippen LogP contribution >= 0.6 is 0 Å². The highest BCUT2D eigenvalue weighted by atomic mass is 16.5. The first-order valence-electron chi connectivity index (χ1n) is 10.5. The van der Waals surface area contributed by atoms with E-state index in [2.05, 4.69) is 25.2 Å². The van der Waals surface area contributed by atoms with Crippen molar-refractivity contribution in [3.63, 3.8) is 0 Å². The Hall–Kier alpha value is -3.08. The summed E-state index contributed by atoms with van der Waals surface area (Å²) in [5, 5.41) is 3.49. The average Bonchev–Trinajstić information content (AvgIpc) is 3.27. The number of amides is 1. The predicted molar refractivity (Wildman–Crippen MR) is 118 cm³/mol. The third kappa shape index (κ3) is 4.11. The minimum atomic E-state index is -0.165. The molecule has 0 aromatic heterocycles. The number of methoxy groups -OCH3 is 1. The lowest BCUT2D eigenvalue weighted by Crippen LogP contribution is -2.43. The third-order valence-corrected chi connectivity index (χ3v) is 5.78. The molecule has 0 spiro atoms. The van der Waals surface area contributed by atoms with Crippen LogP contribution in [0.3, 0.4) is 0 Å². The van der Waals surface area contributed by atoms with Crippen molar-refractivity contribution >= 4 is 17.4 Å². The van der Waals surface area contributed by atoms with E-state index in [0.29, 0.717) is 11.1 Å². The van der Waals surface area contributed by atoms with Gasteiger partial charge in [0.15, 0.2) is 5.78 Å². The van der Waals surface area contributed by atoms with E-state index in [-0.39, 0.29) is 17.2 Å². The second kappa shape index (κ2) is 7.98. The van der Waals surface area contributed by atoms with Crippen LogP contribution in [0.4, 0.5) is 0 Å². The molecule has 1 N–H and O–H groups in total. The minimum Gasteiger partial charge on any atom is -0.497 e. The Kier molecular flexibility index (Phi) is 5.37. The summed E-state index contributed by atoms with van der Waals surface area (Å²) in [6.45, 7) is 5.82. The Balaban J connectivity index is 1.66. The molecule has 5 heteroatoms. The molecule has 2 aliphatic heterocycles. The van der Waals surface area contributed by atoms with Gasteiger partial charge in [0.1, 0.15) is 5.75 Å². The zero-order valence-electron chi connectivity index (χ0n) is 17.8. The van der Waals surface area contributed by atoms with Gasteiger partial charge in [-0.1, -0.05) is 18.2 Å². The quantitative estimate of drug-likeness (QED) is 0.616. The first kappa shape index (κ1) is 20.2. The zero-order chi connectivity index (χ0) is 21.3. The number of allylic oxidation sites excluding steroid dienone is 1. The fraction of sp³-hybridized carbons (Fsp3) is 0.360. The van der Waals surface area contributed by atoms with E-state index in [4.69, 9.17) is 4.74 Å². The van der Waals surface area contributed by atoms with Crippen molar-refractivity contribution in [2.45, 2.75) is 38.6 Å². The molecule has 0 saturated carbocycles. The number of fused-ring (bicyclic) bond motifs is 1. The second-order valence-corrected chi connectivity index (χ2v) is 8.71. The molecule has 1 amide bonds. The normalized spacial score (nSPS) is 18.6. The summed E-state index contributed by atoms with van der Waals surface area (Å²) in [6.07, 6.45) is 4.58. The molecule has 2 aromatic carbocycles. The van der Waals surface area contributed by atoms with Gasteiger partial charge in [-0.15, -0.1) is 0 Å². The number of benzene rings is 2. The number of ketones is 1. The molecular formula is C25H28N2O3. The number of ether oxygens (including phenoxy) is 1. The molecule has 0 atom stereocenters. The number of likely N-dealkylation sites (tertiary alicyclic amines) is 1. The van der Waals surface area contributed by atoms with Gasteiger partial charge in [0.05, 0.1) is 7.11 Å². The van der Waals surface area contributed by atoms with Crippen molar-refractivity contribution in [3.8, 4) is 5.75 Å². The van der Waals surface area contributed by atoms with Gasteiger partial charge in [-0.05, 0) is 62.9 Å². The topological polar surface area (TPSA) is 58.6 Å². The van der Waals surface area contributed by atoms with Crippen molar-refractivity contribution in [2.24, 2.45) is 0 Å². The summed E-state index contributed by atoms with van der Waals surface area (Å²) in [7, 11) is 1.64. The Labute approximate surface area is 177 Å². The van der Waals surface area contributed by atoms with Crippen molar-refractivity contribution < 1.29 is 14.3 Å². The molecule has 1 fully saturated rings. The molecule has 0 unspecified atom stereocenters. The Morgan fingerprint density at radius 3 is 2.53 bits per heavy atom. The van der Waals surface area contributed by atoms with Crippen LogP contribution < -0.4 is 10.1 Å². The third-order valence-electron chi connectivity index (χ3n) is 5.78. The van der Waals surface area contributed by atoms with Gasteiger partial charge in [-0.25, -0.2) is 0 Å². The first-order chi connectivity index (χ1) is 14.4. The summed E-state index contributed by atoms with van der Waals surface area (Å²) in [6, 6.07) is 13.0. The maximum atomic E-state index is 13.1. The van der Waals surface area contributed by atoms with E-state index in [1.807, 2.05) is 17.0 Å². The smallest absolute Gasteiger partial charge is 0.253 e. The standard InChI is InChI=1S/C25H28N2O3/c1-25(2)16-19-9-10-20(30-3)14-21(19)22(26-25)15-23(28)17-7-6-8-18(13-17)24(29)27-11-4-5-12-27/h6-10,13-15,26H,4-5,11-12,16H2,1-3H3/b22-15-. The van der Waals surface area contributed by atoms with Gasteiger partial charge in [-0.2, -0.15) is 0 Å².